The van der Waals surface area contributed by atoms with Crippen molar-refractivity contribution >= 4 is 17.2 Å². The predicted molar refractivity (Wildman–Crippen MR) is 153 cm³/mol. The molecule has 2 N–H and O–H groups in total. The number of amides is 1. The van der Waals surface area contributed by atoms with Gasteiger partial charge < -0.3 is 14.9 Å². The van der Waals surface area contributed by atoms with Crippen LogP contribution in [0.25, 0.3) is 0 Å². The van der Waals surface area contributed by atoms with Crippen molar-refractivity contribution in [3.63, 3.8) is 0 Å². The van der Waals surface area contributed by atoms with Gasteiger partial charge in [0.2, 0.25) is 0 Å². The highest BCUT2D eigenvalue weighted by atomic mass is 32.1. The van der Waals surface area contributed by atoms with Crippen molar-refractivity contribution < 1.29 is 4.79 Å². The summed E-state index contributed by atoms with van der Waals surface area (Å²) < 4.78 is 0. The summed E-state index contributed by atoms with van der Waals surface area (Å²) >= 11 is 1.87. The Hall–Kier alpha value is -3.27. The minimum atomic E-state index is -0.138. The van der Waals surface area contributed by atoms with Crippen molar-refractivity contribution in [1.29, 1.82) is 0 Å². The normalized spacial score (nSPS) is 17.9. The van der Waals surface area contributed by atoms with E-state index >= 15 is 0 Å². The van der Waals surface area contributed by atoms with Crippen LogP contribution in [0.1, 0.15) is 58.1 Å². The fourth-order valence-electron chi connectivity index (χ4n) is 6.19. The topological polar surface area (TPSA) is 84.2 Å². The number of carbonyl (C=O) groups is 1. The molecule has 0 aliphatic carbocycles. The molecule has 5 heterocycles. The van der Waals surface area contributed by atoms with Crippen molar-refractivity contribution in [2.75, 3.05) is 26.2 Å². The summed E-state index contributed by atoms with van der Waals surface area (Å²) in [6.07, 6.45) is 12.0. The van der Waals surface area contributed by atoms with Crippen molar-refractivity contribution in [2.45, 2.75) is 51.9 Å². The number of piperidine rings is 2. The molecule has 0 saturated carbocycles. The van der Waals surface area contributed by atoms with Crippen molar-refractivity contribution in [1.82, 2.24) is 34.6 Å². The van der Waals surface area contributed by atoms with Crippen molar-refractivity contribution in [3.8, 4) is 0 Å². The fraction of sp³-hybridized carbons (Fsp3) is 0.433. The van der Waals surface area contributed by atoms with E-state index in [1.54, 1.807) is 29.7 Å². The van der Waals surface area contributed by atoms with Crippen LogP contribution in [-0.4, -0.2) is 66.7 Å². The van der Waals surface area contributed by atoms with E-state index in [2.05, 4.69) is 71.5 Å². The van der Waals surface area contributed by atoms with Crippen molar-refractivity contribution in [3.05, 3.63) is 94.2 Å². The lowest BCUT2D eigenvalue weighted by atomic mass is 9.72. The van der Waals surface area contributed by atoms with E-state index in [1.165, 1.54) is 62.3 Å². The standard InChI is InChI=1S/C30H37N7OS/c38-29(28-33-13-14-34-28)37(22-27-31-11-12-32-27)20-25-6-4-24(5-7-25)19-36-15-2-8-30(23-36)9-16-35(17-10-30)21-26-3-1-18-39-26/h1,3-7,11-14,18H,2,8-10,15-17,19-23H2,(H,31,32)(H,33,34). The number of nitrogens with zero attached hydrogens (tertiary/aromatic N) is 5. The molecule has 3 aromatic heterocycles. The molecule has 2 aliphatic heterocycles. The molecule has 6 rings (SSSR count). The number of hydrogen-bond acceptors (Lipinski definition) is 6. The molecule has 2 fully saturated rings. The van der Waals surface area contributed by atoms with Gasteiger partial charge in [-0.3, -0.25) is 14.6 Å². The van der Waals surface area contributed by atoms with E-state index < -0.39 is 0 Å². The monoisotopic (exact) mass is 543 g/mol. The lowest BCUT2D eigenvalue weighted by molar-refractivity contribution is 0.0188. The van der Waals surface area contributed by atoms with Gasteiger partial charge in [0.25, 0.3) is 5.91 Å². The van der Waals surface area contributed by atoms with Gasteiger partial charge in [-0.15, -0.1) is 11.3 Å². The Balaban J connectivity index is 1.04. The number of rotatable bonds is 9. The molecule has 0 bridgehead atoms. The van der Waals surface area contributed by atoms with Crippen molar-refractivity contribution in [2.24, 2.45) is 5.41 Å². The van der Waals surface area contributed by atoms with Crippen LogP contribution in [0.5, 0.6) is 0 Å². The number of hydrogen-bond donors (Lipinski definition) is 2. The van der Waals surface area contributed by atoms with E-state index in [4.69, 9.17) is 0 Å². The van der Waals surface area contributed by atoms with Gasteiger partial charge in [0.05, 0.1) is 6.54 Å². The average molecular weight is 544 g/mol. The molecule has 39 heavy (non-hydrogen) atoms. The second kappa shape index (κ2) is 11.9. The summed E-state index contributed by atoms with van der Waals surface area (Å²) in [5.74, 6) is 0.956. The lowest BCUT2D eigenvalue weighted by Crippen LogP contribution is -2.49. The van der Waals surface area contributed by atoms with E-state index in [0.717, 1.165) is 24.5 Å². The number of carbonyl (C=O) groups excluding carboxylic acids is 1. The third kappa shape index (κ3) is 6.49. The first-order valence-corrected chi connectivity index (χ1v) is 14.8. The Kier molecular flexibility index (Phi) is 7.90. The van der Waals surface area contributed by atoms with Crippen LogP contribution in [0.3, 0.4) is 0 Å². The van der Waals surface area contributed by atoms with Gasteiger partial charge in [0.15, 0.2) is 5.82 Å². The number of likely N-dealkylation sites (tertiary alicyclic amines) is 2. The third-order valence-electron chi connectivity index (χ3n) is 8.30. The summed E-state index contributed by atoms with van der Waals surface area (Å²) in [7, 11) is 0. The van der Waals surface area contributed by atoms with E-state index in [1.807, 2.05) is 11.3 Å². The highest BCUT2D eigenvalue weighted by Crippen LogP contribution is 2.40. The first-order valence-electron chi connectivity index (χ1n) is 14.0. The smallest absolute Gasteiger partial charge is 0.290 e. The Morgan fingerprint density at radius 1 is 0.897 bits per heavy atom. The van der Waals surface area contributed by atoms with Crippen LogP contribution < -0.4 is 0 Å². The minimum absolute atomic E-state index is 0.138. The molecule has 0 atom stereocenters. The van der Waals surface area contributed by atoms with Crippen LogP contribution in [0.4, 0.5) is 0 Å². The quantitative estimate of drug-likeness (QED) is 0.313. The number of thiophene rings is 1. The van der Waals surface area contributed by atoms with Gasteiger partial charge in [0, 0.05) is 55.8 Å². The molecule has 8 nitrogen and oxygen atoms in total. The molecule has 1 aromatic carbocycles. The second-order valence-electron chi connectivity index (χ2n) is 11.1. The number of benzene rings is 1. The molecule has 9 heteroatoms. The maximum absolute atomic E-state index is 13.1. The van der Waals surface area contributed by atoms with Crippen LogP contribution in [0.15, 0.2) is 66.6 Å². The van der Waals surface area contributed by atoms with Gasteiger partial charge in [-0.05, 0) is 73.3 Å². The molecular formula is C30H37N7OS. The first kappa shape index (κ1) is 26.0. The van der Waals surface area contributed by atoms with Gasteiger partial charge in [-0.1, -0.05) is 30.3 Å². The molecule has 1 amide bonds. The van der Waals surface area contributed by atoms with Gasteiger partial charge in [-0.25, -0.2) is 9.97 Å². The summed E-state index contributed by atoms with van der Waals surface area (Å²) in [5, 5.41) is 2.18. The maximum atomic E-state index is 13.1. The van der Waals surface area contributed by atoms with E-state index in [-0.39, 0.29) is 5.91 Å². The van der Waals surface area contributed by atoms with Crippen LogP contribution in [0.2, 0.25) is 0 Å². The van der Waals surface area contributed by atoms with Gasteiger partial charge in [-0.2, -0.15) is 0 Å². The summed E-state index contributed by atoms with van der Waals surface area (Å²) in [5.41, 5.74) is 2.90. The van der Waals surface area contributed by atoms with E-state index in [9.17, 15) is 4.79 Å². The molecule has 2 aliphatic rings. The number of aromatic amines is 2. The number of nitrogens with one attached hydrogen (secondary N) is 2. The second-order valence-corrected chi connectivity index (χ2v) is 12.2. The van der Waals surface area contributed by atoms with Crippen LogP contribution >= 0.6 is 11.3 Å². The van der Waals surface area contributed by atoms with Gasteiger partial charge >= 0.3 is 0 Å². The average Bonchev–Trinajstić information content (AvgIpc) is 3.75. The zero-order chi connectivity index (χ0) is 26.5. The predicted octanol–water partition coefficient (Wildman–Crippen LogP) is 4.92. The van der Waals surface area contributed by atoms with Crippen LogP contribution in [0, 0.1) is 5.41 Å². The van der Waals surface area contributed by atoms with Crippen LogP contribution in [-0.2, 0) is 26.2 Å². The number of aromatic nitrogens is 4. The Bertz CT molecular complexity index is 1290. The summed E-state index contributed by atoms with van der Waals surface area (Å²) in [4.78, 5) is 36.2. The van der Waals surface area contributed by atoms with Gasteiger partial charge in [0.1, 0.15) is 5.82 Å². The Morgan fingerprint density at radius 3 is 2.41 bits per heavy atom. The molecular weight excluding hydrogens is 506 g/mol. The fourth-order valence-corrected chi connectivity index (χ4v) is 6.93. The molecule has 204 valence electrons. The lowest BCUT2D eigenvalue weighted by Gasteiger charge is -2.47. The molecule has 2 saturated heterocycles. The summed E-state index contributed by atoms with van der Waals surface area (Å²) in [6.45, 7) is 7.80. The zero-order valence-electron chi connectivity index (χ0n) is 22.4. The highest BCUT2D eigenvalue weighted by molar-refractivity contribution is 7.09. The summed E-state index contributed by atoms with van der Waals surface area (Å²) in [6, 6.07) is 13.2. The van der Waals surface area contributed by atoms with E-state index in [0.29, 0.717) is 24.3 Å². The molecule has 1 spiro atoms. The third-order valence-corrected chi connectivity index (χ3v) is 9.16. The maximum Gasteiger partial charge on any atom is 0.290 e. The Labute approximate surface area is 234 Å². The SMILES string of the molecule is O=C(c1ncc[nH]1)N(Cc1ccc(CN2CCCC3(CCN(Cc4cccs4)CC3)C2)cc1)Cc1ncc[nH]1. The number of H-pyrrole nitrogens is 2. The highest BCUT2D eigenvalue weighted by Gasteiger charge is 2.38. The number of imidazole rings is 2. The minimum Gasteiger partial charge on any atom is -0.347 e. The largest absolute Gasteiger partial charge is 0.347 e. The molecule has 0 unspecified atom stereocenters. The first-order chi connectivity index (χ1) is 19.1. The Morgan fingerprint density at radius 2 is 1.69 bits per heavy atom. The molecule has 4 aromatic rings. The zero-order valence-corrected chi connectivity index (χ0v) is 23.2. The molecule has 0 radical (unpaired) electrons.